The molecule has 3 N–H and O–H groups in total. The third-order valence-corrected chi connectivity index (χ3v) is 4.81. The first kappa shape index (κ1) is 24.5. The van der Waals surface area contributed by atoms with Gasteiger partial charge in [-0.25, -0.2) is 9.38 Å². The standard InChI is InChI=1S/C18H22F3N3O2S.HI/c1-3-22-17(24-11-18(2,25)15-8-5-9-27-15)23-10-12-13(19)6-4-7-14(12)26-16(20)21;/h4-9,16,25H,3,10-11H2,1-2H3,(H2,22,23,24);1H. The highest BCUT2D eigenvalue weighted by atomic mass is 127. The van der Waals surface area contributed by atoms with Crippen LogP contribution in [0.1, 0.15) is 24.3 Å². The Bertz CT molecular complexity index is 759. The Morgan fingerprint density at radius 3 is 2.64 bits per heavy atom. The summed E-state index contributed by atoms with van der Waals surface area (Å²) in [5.74, 6) is -0.617. The summed E-state index contributed by atoms with van der Waals surface area (Å²) in [6.45, 7) is 0.957. The number of benzene rings is 1. The van der Waals surface area contributed by atoms with Crippen molar-refractivity contribution in [1.82, 2.24) is 10.6 Å². The fourth-order valence-corrected chi connectivity index (χ4v) is 3.11. The number of halogens is 4. The average molecular weight is 529 g/mol. The molecular formula is C18H23F3IN3O2S. The fraction of sp³-hybridized carbons (Fsp3) is 0.389. The van der Waals surface area contributed by atoms with Crippen molar-refractivity contribution in [2.75, 3.05) is 13.1 Å². The molecule has 0 saturated carbocycles. The van der Waals surface area contributed by atoms with Crippen LogP contribution in [0, 0.1) is 5.82 Å². The lowest BCUT2D eigenvalue weighted by molar-refractivity contribution is -0.0506. The van der Waals surface area contributed by atoms with E-state index in [0.29, 0.717) is 12.5 Å². The van der Waals surface area contributed by atoms with Crippen LogP contribution >= 0.6 is 35.3 Å². The van der Waals surface area contributed by atoms with Crippen molar-refractivity contribution in [2.24, 2.45) is 4.99 Å². The Morgan fingerprint density at radius 2 is 2.04 bits per heavy atom. The molecule has 0 saturated heterocycles. The zero-order chi connectivity index (χ0) is 19.9. The van der Waals surface area contributed by atoms with Crippen molar-refractivity contribution < 1.29 is 23.0 Å². The van der Waals surface area contributed by atoms with Gasteiger partial charge in [-0.15, -0.1) is 35.3 Å². The Kier molecular flexibility index (Phi) is 10.0. The molecular weight excluding hydrogens is 506 g/mol. The molecule has 2 aromatic rings. The number of nitrogens with zero attached hydrogens (tertiary/aromatic N) is 1. The largest absolute Gasteiger partial charge is 0.434 e. The Labute approximate surface area is 183 Å². The molecule has 1 aromatic carbocycles. The second-order valence-electron chi connectivity index (χ2n) is 5.89. The van der Waals surface area contributed by atoms with E-state index in [1.54, 1.807) is 6.92 Å². The average Bonchev–Trinajstić information content (AvgIpc) is 3.14. The van der Waals surface area contributed by atoms with Gasteiger partial charge in [0.15, 0.2) is 5.96 Å². The van der Waals surface area contributed by atoms with Crippen molar-refractivity contribution in [1.29, 1.82) is 0 Å². The van der Waals surface area contributed by atoms with Crippen LogP contribution in [-0.4, -0.2) is 30.8 Å². The minimum Gasteiger partial charge on any atom is -0.434 e. The molecule has 1 atom stereocenters. The number of aliphatic imine (C=N–C) groups is 1. The van der Waals surface area contributed by atoms with Crippen LogP contribution in [0.2, 0.25) is 0 Å². The third kappa shape index (κ3) is 7.13. The minimum atomic E-state index is -3.05. The van der Waals surface area contributed by atoms with Gasteiger partial charge >= 0.3 is 6.61 Å². The summed E-state index contributed by atoms with van der Waals surface area (Å²) in [4.78, 5) is 5.00. The SMILES string of the molecule is CCNC(=NCc1c(F)cccc1OC(F)F)NCC(C)(O)c1cccs1.I. The molecule has 1 aromatic heterocycles. The predicted molar refractivity (Wildman–Crippen MR) is 115 cm³/mol. The summed E-state index contributed by atoms with van der Waals surface area (Å²) in [6, 6.07) is 7.38. The van der Waals surface area contributed by atoms with Crippen LogP contribution in [0.15, 0.2) is 40.7 Å². The van der Waals surface area contributed by atoms with E-state index in [0.717, 1.165) is 10.9 Å². The maximum absolute atomic E-state index is 14.0. The van der Waals surface area contributed by atoms with E-state index in [9.17, 15) is 18.3 Å². The molecule has 0 aliphatic heterocycles. The Balaban J connectivity index is 0.00000392. The van der Waals surface area contributed by atoms with Gasteiger partial charge in [0.05, 0.1) is 18.7 Å². The second kappa shape index (κ2) is 11.5. The number of hydrogen-bond donors (Lipinski definition) is 3. The summed E-state index contributed by atoms with van der Waals surface area (Å²) in [7, 11) is 0. The number of thiophene rings is 1. The van der Waals surface area contributed by atoms with Crippen LogP contribution in [0.5, 0.6) is 5.75 Å². The van der Waals surface area contributed by atoms with Crippen LogP contribution in [0.4, 0.5) is 13.2 Å². The molecule has 0 spiro atoms. The molecule has 0 bridgehead atoms. The highest BCUT2D eigenvalue weighted by Crippen LogP contribution is 2.25. The molecule has 10 heteroatoms. The minimum absolute atomic E-state index is 0. The normalized spacial score (nSPS) is 13.6. The molecule has 0 amide bonds. The first-order chi connectivity index (χ1) is 12.8. The number of hydrogen-bond acceptors (Lipinski definition) is 4. The number of rotatable bonds is 8. The van der Waals surface area contributed by atoms with Gasteiger partial charge in [-0.1, -0.05) is 12.1 Å². The monoisotopic (exact) mass is 529 g/mol. The molecule has 0 radical (unpaired) electrons. The molecule has 156 valence electrons. The van der Waals surface area contributed by atoms with E-state index in [2.05, 4.69) is 20.4 Å². The van der Waals surface area contributed by atoms with Crippen LogP contribution < -0.4 is 15.4 Å². The number of aliphatic hydroxyl groups is 1. The highest BCUT2D eigenvalue weighted by molar-refractivity contribution is 14.0. The first-order valence-electron chi connectivity index (χ1n) is 8.34. The Hall–Kier alpha value is -1.53. The van der Waals surface area contributed by atoms with Gasteiger partial charge in [0.1, 0.15) is 17.2 Å². The fourth-order valence-electron chi connectivity index (χ4n) is 2.33. The predicted octanol–water partition coefficient (Wildman–Crippen LogP) is 4.07. The summed E-state index contributed by atoms with van der Waals surface area (Å²) in [6.07, 6.45) is 0. The van der Waals surface area contributed by atoms with Gasteiger partial charge in [0.2, 0.25) is 0 Å². The summed E-state index contributed by atoms with van der Waals surface area (Å²) >= 11 is 1.43. The van der Waals surface area contributed by atoms with Crippen LogP contribution in [-0.2, 0) is 12.1 Å². The van der Waals surface area contributed by atoms with E-state index < -0.39 is 18.0 Å². The molecule has 0 aliphatic carbocycles. The first-order valence-corrected chi connectivity index (χ1v) is 9.22. The van der Waals surface area contributed by atoms with Crippen molar-refractivity contribution >= 4 is 41.3 Å². The number of alkyl halides is 2. The zero-order valence-corrected chi connectivity index (χ0v) is 18.6. The molecule has 0 aliphatic rings. The lowest BCUT2D eigenvalue weighted by Gasteiger charge is -2.23. The zero-order valence-electron chi connectivity index (χ0n) is 15.4. The molecule has 1 heterocycles. The summed E-state index contributed by atoms with van der Waals surface area (Å²) in [5, 5.41) is 18.4. The van der Waals surface area contributed by atoms with Crippen molar-refractivity contribution in [3.8, 4) is 5.75 Å². The van der Waals surface area contributed by atoms with Crippen LogP contribution in [0.3, 0.4) is 0 Å². The van der Waals surface area contributed by atoms with E-state index >= 15 is 0 Å². The quantitative estimate of drug-likeness (QED) is 0.274. The lowest BCUT2D eigenvalue weighted by atomic mass is 10.1. The maximum atomic E-state index is 14.0. The highest BCUT2D eigenvalue weighted by Gasteiger charge is 2.24. The summed E-state index contributed by atoms with van der Waals surface area (Å²) in [5.41, 5.74) is -1.19. The third-order valence-electron chi connectivity index (χ3n) is 3.68. The lowest BCUT2D eigenvalue weighted by Crippen LogP contribution is -2.44. The van der Waals surface area contributed by atoms with E-state index in [1.165, 1.54) is 23.5 Å². The molecule has 28 heavy (non-hydrogen) atoms. The Morgan fingerprint density at radius 1 is 1.29 bits per heavy atom. The smallest absolute Gasteiger partial charge is 0.387 e. The molecule has 2 rings (SSSR count). The molecule has 1 unspecified atom stereocenters. The van der Waals surface area contributed by atoms with Crippen molar-refractivity contribution in [2.45, 2.75) is 32.6 Å². The molecule has 5 nitrogen and oxygen atoms in total. The maximum Gasteiger partial charge on any atom is 0.387 e. The number of ether oxygens (including phenoxy) is 1. The summed E-state index contributed by atoms with van der Waals surface area (Å²) < 4.78 is 43.4. The van der Waals surface area contributed by atoms with E-state index in [4.69, 9.17) is 0 Å². The van der Waals surface area contributed by atoms with Crippen molar-refractivity contribution in [3.05, 3.63) is 52.0 Å². The van der Waals surface area contributed by atoms with Gasteiger partial charge in [-0.3, -0.25) is 0 Å². The van der Waals surface area contributed by atoms with Gasteiger partial charge < -0.3 is 20.5 Å². The van der Waals surface area contributed by atoms with E-state index in [1.807, 2.05) is 24.4 Å². The number of guanidine groups is 1. The van der Waals surface area contributed by atoms with Gasteiger partial charge in [-0.2, -0.15) is 8.78 Å². The second-order valence-corrected chi connectivity index (χ2v) is 6.84. The van der Waals surface area contributed by atoms with Gasteiger partial charge in [0, 0.05) is 11.4 Å². The van der Waals surface area contributed by atoms with Gasteiger partial charge in [0.25, 0.3) is 0 Å². The van der Waals surface area contributed by atoms with Gasteiger partial charge in [-0.05, 0) is 37.4 Å². The molecule has 0 fully saturated rings. The number of nitrogens with one attached hydrogen (secondary N) is 2. The topological polar surface area (TPSA) is 65.9 Å². The van der Waals surface area contributed by atoms with Crippen molar-refractivity contribution in [3.63, 3.8) is 0 Å². The van der Waals surface area contributed by atoms with Crippen LogP contribution in [0.25, 0.3) is 0 Å². The van der Waals surface area contributed by atoms with E-state index in [-0.39, 0.29) is 48.4 Å².